The zero-order chi connectivity index (χ0) is 25.7. The van der Waals surface area contributed by atoms with Gasteiger partial charge in [-0.1, -0.05) is 95.6 Å². The second kappa shape index (κ2) is 7.55. The maximum absolute atomic E-state index is 14.0. The number of anilines is 1. The van der Waals surface area contributed by atoms with Crippen molar-refractivity contribution in [3.05, 3.63) is 99.1 Å². The van der Waals surface area contributed by atoms with Crippen molar-refractivity contribution in [2.24, 2.45) is 11.8 Å². The number of hydrogen-bond donors (Lipinski definition) is 0. The maximum Gasteiger partial charge on any atom is 0.238 e. The van der Waals surface area contributed by atoms with Crippen molar-refractivity contribution in [2.75, 3.05) is 4.90 Å². The maximum atomic E-state index is 14.0. The minimum atomic E-state index is -0.405. The third-order valence-corrected chi connectivity index (χ3v) is 8.66. The first-order valence-electron chi connectivity index (χ1n) is 12.8. The molecule has 0 radical (unpaired) electrons. The summed E-state index contributed by atoms with van der Waals surface area (Å²) in [7, 11) is 0. The lowest BCUT2D eigenvalue weighted by molar-refractivity contribution is -0.122. The van der Waals surface area contributed by atoms with E-state index in [0.717, 1.165) is 0 Å². The van der Waals surface area contributed by atoms with E-state index in [0.29, 0.717) is 10.7 Å². The topological polar surface area (TPSA) is 37.4 Å². The molecule has 3 nitrogen and oxygen atoms in total. The Kier molecular flexibility index (Phi) is 4.93. The first-order valence-corrected chi connectivity index (χ1v) is 13.2. The van der Waals surface area contributed by atoms with Crippen LogP contribution in [0.5, 0.6) is 0 Å². The number of halogens is 1. The van der Waals surface area contributed by atoms with Gasteiger partial charge in [0.1, 0.15) is 0 Å². The SMILES string of the molecule is CC(C)(C)c1ccc2c(c1)[C@H]1c3ccc(C(C)(C)C)cc3[C@H]2[C@@H]2C(=O)N(c3cccc(Cl)c3)C(=O)[C@H]12. The molecule has 7 rings (SSSR count). The number of nitrogens with zero attached hydrogens (tertiary/aromatic N) is 1. The van der Waals surface area contributed by atoms with Crippen LogP contribution < -0.4 is 4.90 Å². The minimum Gasteiger partial charge on any atom is -0.274 e. The third kappa shape index (κ3) is 3.25. The van der Waals surface area contributed by atoms with Crippen LogP contribution >= 0.6 is 11.6 Å². The average molecular weight is 498 g/mol. The highest BCUT2D eigenvalue weighted by Gasteiger charge is 2.62. The van der Waals surface area contributed by atoms with Crippen molar-refractivity contribution < 1.29 is 9.59 Å². The van der Waals surface area contributed by atoms with Gasteiger partial charge in [-0.05, 0) is 62.4 Å². The largest absolute Gasteiger partial charge is 0.274 e. The fraction of sp³-hybridized carbons (Fsp3) is 0.375. The van der Waals surface area contributed by atoms with Crippen molar-refractivity contribution in [2.45, 2.75) is 64.2 Å². The first-order chi connectivity index (χ1) is 16.9. The molecule has 0 aromatic heterocycles. The number of carbonyl (C=O) groups is 2. The summed E-state index contributed by atoms with van der Waals surface area (Å²) >= 11 is 6.26. The Morgan fingerprint density at radius 1 is 0.639 bits per heavy atom. The van der Waals surface area contributed by atoms with E-state index in [9.17, 15) is 9.59 Å². The Morgan fingerprint density at radius 2 is 1.11 bits per heavy atom. The summed E-state index contributed by atoms with van der Waals surface area (Å²) in [6, 6.07) is 20.5. The molecule has 1 heterocycles. The molecule has 0 N–H and O–H groups in total. The Labute approximate surface area is 218 Å². The molecular formula is C32H32ClNO2. The molecule has 36 heavy (non-hydrogen) atoms. The fourth-order valence-electron chi connectivity index (χ4n) is 6.58. The van der Waals surface area contributed by atoms with Crippen molar-refractivity contribution in [3.8, 4) is 0 Å². The predicted octanol–water partition coefficient (Wildman–Crippen LogP) is 7.33. The van der Waals surface area contributed by atoms with Gasteiger partial charge in [0.05, 0.1) is 17.5 Å². The summed E-state index contributed by atoms with van der Waals surface area (Å²) in [6.45, 7) is 13.3. The zero-order valence-electron chi connectivity index (χ0n) is 21.7. The molecule has 0 spiro atoms. The zero-order valence-corrected chi connectivity index (χ0v) is 22.5. The van der Waals surface area contributed by atoms with Gasteiger partial charge in [-0.3, -0.25) is 9.59 Å². The van der Waals surface area contributed by atoms with Crippen molar-refractivity contribution in [3.63, 3.8) is 0 Å². The highest BCUT2D eigenvalue weighted by atomic mass is 35.5. The Hall–Kier alpha value is -2.91. The van der Waals surface area contributed by atoms with Crippen molar-refractivity contribution >= 4 is 29.1 Å². The van der Waals surface area contributed by atoms with Gasteiger partial charge < -0.3 is 0 Å². The lowest BCUT2D eigenvalue weighted by Gasteiger charge is -2.47. The van der Waals surface area contributed by atoms with Gasteiger partial charge in [-0.15, -0.1) is 0 Å². The monoisotopic (exact) mass is 497 g/mol. The van der Waals surface area contributed by atoms with Gasteiger partial charge in [0.15, 0.2) is 0 Å². The van der Waals surface area contributed by atoms with E-state index in [2.05, 4.69) is 77.9 Å². The van der Waals surface area contributed by atoms with Crippen molar-refractivity contribution in [1.29, 1.82) is 0 Å². The van der Waals surface area contributed by atoms with Crippen LogP contribution in [0.4, 0.5) is 5.69 Å². The molecule has 1 saturated heterocycles. The first kappa shape index (κ1) is 23.5. The Balaban J connectivity index is 1.58. The van der Waals surface area contributed by atoms with Gasteiger partial charge in [0.2, 0.25) is 11.8 Å². The van der Waals surface area contributed by atoms with E-state index in [1.165, 1.54) is 38.3 Å². The van der Waals surface area contributed by atoms with E-state index < -0.39 is 11.8 Å². The van der Waals surface area contributed by atoms with Crippen LogP contribution in [0, 0.1) is 11.8 Å². The van der Waals surface area contributed by atoms with E-state index >= 15 is 0 Å². The number of rotatable bonds is 1. The standard InChI is InChI=1S/C32H32ClNO2/c1-31(2,3)17-10-12-21-23(14-17)25-22-13-11-18(32(4,5)6)15-24(22)26(21)28-27(25)29(35)34(30(28)36)20-9-7-8-19(33)16-20/h7-16,25-28H,1-6H3/t25-,26+,27-,28+. The quantitative estimate of drug-likeness (QED) is 0.330. The number of amides is 2. The van der Waals surface area contributed by atoms with Crippen LogP contribution in [-0.2, 0) is 20.4 Å². The second-order valence-electron chi connectivity index (χ2n) is 12.7. The van der Waals surface area contributed by atoms with Crippen LogP contribution in [0.1, 0.15) is 86.8 Å². The van der Waals surface area contributed by atoms with Crippen LogP contribution in [0.2, 0.25) is 5.02 Å². The summed E-state index contributed by atoms with van der Waals surface area (Å²) in [5.41, 5.74) is 7.86. The van der Waals surface area contributed by atoms with Gasteiger partial charge in [-0.2, -0.15) is 0 Å². The smallest absolute Gasteiger partial charge is 0.238 e. The summed E-state index contributed by atoms with van der Waals surface area (Å²) < 4.78 is 0. The van der Waals surface area contributed by atoms with Crippen LogP contribution in [0.3, 0.4) is 0 Å². The van der Waals surface area contributed by atoms with E-state index in [-0.39, 0.29) is 34.5 Å². The normalized spacial score (nSPS) is 24.6. The second-order valence-corrected chi connectivity index (χ2v) is 13.1. The van der Waals surface area contributed by atoms with Crippen molar-refractivity contribution in [1.82, 2.24) is 0 Å². The average Bonchev–Trinajstić information content (AvgIpc) is 3.07. The van der Waals surface area contributed by atoms with Gasteiger partial charge in [0.25, 0.3) is 0 Å². The Morgan fingerprint density at radius 3 is 1.53 bits per heavy atom. The molecule has 1 fully saturated rings. The number of benzene rings is 3. The van der Waals surface area contributed by atoms with Gasteiger partial charge >= 0.3 is 0 Å². The number of imide groups is 1. The van der Waals surface area contributed by atoms with E-state index in [1.807, 2.05) is 0 Å². The molecule has 3 aromatic carbocycles. The van der Waals surface area contributed by atoms with E-state index in [4.69, 9.17) is 11.6 Å². The van der Waals surface area contributed by atoms with Crippen LogP contribution in [0.15, 0.2) is 60.7 Å². The number of carbonyl (C=O) groups excluding carboxylic acids is 2. The molecule has 0 unspecified atom stereocenters. The highest BCUT2D eigenvalue weighted by molar-refractivity contribution is 6.31. The molecule has 1 aliphatic heterocycles. The summed E-state index contributed by atoms with van der Waals surface area (Å²) in [5.74, 6) is -1.31. The fourth-order valence-corrected chi connectivity index (χ4v) is 6.76. The number of hydrogen-bond acceptors (Lipinski definition) is 2. The molecule has 2 amide bonds. The lowest BCUT2D eigenvalue weighted by Crippen LogP contribution is -2.42. The molecule has 4 heteroatoms. The lowest BCUT2D eigenvalue weighted by atomic mass is 9.54. The highest BCUT2D eigenvalue weighted by Crippen LogP contribution is 2.62. The predicted molar refractivity (Wildman–Crippen MR) is 145 cm³/mol. The molecule has 3 aromatic rings. The van der Waals surface area contributed by atoms with E-state index in [1.54, 1.807) is 24.3 Å². The summed E-state index contributed by atoms with van der Waals surface area (Å²) in [4.78, 5) is 29.5. The molecule has 4 aliphatic rings. The van der Waals surface area contributed by atoms with Crippen LogP contribution in [-0.4, -0.2) is 11.8 Å². The Bertz CT molecular complexity index is 1350. The molecule has 3 aliphatic carbocycles. The molecule has 0 saturated carbocycles. The van der Waals surface area contributed by atoms with Gasteiger partial charge in [0, 0.05) is 16.9 Å². The van der Waals surface area contributed by atoms with Crippen LogP contribution in [0.25, 0.3) is 0 Å². The summed E-state index contributed by atoms with van der Waals surface area (Å²) in [6.07, 6.45) is 0. The molecule has 184 valence electrons. The van der Waals surface area contributed by atoms with Gasteiger partial charge in [-0.25, -0.2) is 4.90 Å². The molecular weight excluding hydrogens is 466 g/mol. The molecule has 2 bridgehead atoms. The third-order valence-electron chi connectivity index (χ3n) is 8.43. The summed E-state index contributed by atoms with van der Waals surface area (Å²) in [5, 5.41) is 0.516. The molecule has 4 atom stereocenters. The minimum absolute atomic E-state index is 0.00757.